The van der Waals surface area contributed by atoms with Crippen molar-refractivity contribution in [3.63, 3.8) is 0 Å². The highest BCUT2D eigenvalue weighted by Crippen LogP contribution is 2.20. The van der Waals surface area contributed by atoms with Gasteiger partial charge in [-0.2, -0.15) is 0 Å². The van der Waals surface area contributed by atoms with Crippen molar-refractivity contribution in [3.05, 3.63) is 61.2 Å². The normalized spacial score (nSPS) is 12.6. The van der Waals surface area contributed by atoms with Crippen molar-refractivity contribution < 1.29 is 29.9 Å². The molecule has 1 aromatic rings. The summed E-state index contributed by atoms with van der Waals surface area (Å²) in [5, 5.41) is 35.9. The van der Waals surface area contributed by atoms with Gasteiger partial charge in [-0.05, 0) is 13.8 Å². The Morgan fingerprint density at radius 3 is 1.63 bits per heavy atom. The van der Waals surface area contributed by atoms with Crippen LogP contribution in [0.5, 0.6) is 0 Å². The summed E-state index contributed by atoms with van der Waals surface area (Å²) >= 11 is 0. The number of aliphatic hydroxyl groups is 4. The van der Waals surface area contributed by atoms with E-state index in [0.717, 1.165) is 0 Å². The fraction of sp³-hybridized carbons (Fsp3) is 0.524. The van der Waals surface area contributed by atoms with Crippen molar-refractivity contribution in [1.82, 2.24) is 0 Å². The molecule has 0 aliphatic carbocycles. The van der Waals surface area contributed by atoms with Crippen LogP contribution in [-0.2, 0) is 15.3 Å². The molecule has 4 N–H and O–H groups in total. The number of aliphatic hydroxyl groups excluding tert-OH is 2. The molecule has 6 nitrogen and oxygen atoms in total. The van der Waals surface area contributed by atoms with Crippen LogP contribution in [0.2, 0.25) is 0 Å². The summed E-state index contributed by atoms with van der Waals surface area (Å²) in [6.45, 7) is 13.8. The third-order valence-electron chi connectivity index (χ3n) is 2.92. The zero-order chi connectivity index (χ0) is 21.1. The Bertz CT molecular complexity index is 439. The van der Waals surface area contributed by atoms with Crippen molar-refractivity contribution in [2.75, 3.05) is 26.4 Å². The molecule has 0 spiro atoms. The maximum Gasteiger partial charge on any atom is 0.189 e. The monoisotopic (exact) mass is 384 g/mol. The van der Waals surface area contributed by atoms with Crippen LogP contribution < -0.4 is 0 Å². The van der Waals surface area contributed by atoms with Crippen LogP contribution in [0, 0.1) is 0 Å². The number of benzene rings is 1. The van der Waals surface area contributed by atoms with Gasteiger partial charge in [-0.15, -0.1) is 13.2 Å². The van der Waals surface area contributed by atoms with Crippen LogP contribution >= 0.6 is 0 Å². The van der Waals surface area contributed by atoms with Gasteiger partial charge < -0.3 is 29.9 Å². The molecule has 0 aliphatic heterocycles. The van der Waals surface area contributed by atoms with E-state index < -0.39 is 5.79 Å². The fourth-order valence-electron chi connectivity index (χ4n) is 1.55. The van der Waals surface area contributed by atoms with E-state index in [1.807, 2.05) is 6.07 Å². The van der Waals surface area contributed by atoms with E-state index in [-0.39, 0.29) is 12.2 Å². The van der Waals surface area contributed by atoms with Crippen LogP contribution in [0.15, 0.2) is 55.6 Å². The van der Waals surface area contributed by atoms with Gasteiger partial charge in [0.25, 0.3) is 0 Å². The van der Waals surface area contributed by atoms with Crippen LogP contribution in [0.3, 0.4) is 0 Å². The molecule has 27 heavy (non-hydrogen) atoms. The van der Waals surface area contributed by atoms with E-state index in [1.54, 1.807) is 57.2 Å². The smallest absolute Gasteiger partial charge is 0.189 e. The highest BCUT2D eigenvalue weighted by Gasteiger charge is 2.21. The van der Waals surface area contributed by atoms with E-state index in [0.29, 0.717) is 38.4 Å². The van der Waals surface area contributed by atoms with E-state index in [1.165, 1.54) is 0 Å². The second-order valence-electron chi connectivity index (χ2n) is 5.89. The molecule has 0 amide bonds. The molecular formula is C21H36O6. The van der Waals surface area contributed by atoms with Crippen molar-refractivity contribution in [1.29, 1.82) is 0 Å². The van der Waals surface area contributed by atoms with Crippen molar-refractivity contribution in [2.24, 2.45) is 0 Å². The van der Waals surface area contributed by atoms with E-state index in [2.05, 4.69) is 13.2 Å². The molecule has 156 valence electrons. The largest absolute Gasteiger partial charge is 0.391 e. The average Bonchev–Trinajstić information content (AvgIpc) is 2.63. The molecule has 0 radical (unpaired) electrons. The molecule has 1 aromatic carbocycles. The molecule has 0 bridgehead atoms. The Balaban J connectivity index is 0. The molecule has 0 aromatic heterocycles. The minimum atomic E-state index is -1.67. The summed E-state index contributed by atoms with van der Waals surface area (Å²) in [4.78, 5) is 0. The molecule has 0 saturated carbocycles. The summed E-state index contributed by atoms with van der Waals surface area (Å²) in [5.74, 6) is -1.67. The first-order valence-electron chi connectivity index (χ1n) is 8.94. The Hall–Kier alpha value is -1.54. The second kappa shape index (κ2) is 17.9. The lowest BCUT2D eigenvalue weighted by molar-refractivity contribution is -0.171. The Kier molecular flexibility index (Phi) is 18.3. The van der Waals surface area contributed by atoms with Gasteiger partial charge in [0.15, 0.2) is 5.79 Å². The highest BCUT2D eigenvalue weighted by molar-refractivity contribution is 5.19. The topological polar surface area (TPSA) is 99.4 Å². The van der Waals surface area contributed by atoms with Gasteiger partial charge in [-0.25, -0.2) is 0 Å². The lowest BCUT2D eigenvalue weighted by Gasteiger charge is -2.19. The Labute approximate surface area is 163 Å². The first kappa shape index (κ1) is 27.7. The van der Waals surface area contributed by atoms with Gasteiger partial charge in [-0.1, -0.05) is 49.4 Å². The Morgan fingerprint density at radius 2 is 1.33 bits per heavy atom. The maximum absolute atomic E-state index is 9.35. The van der Waals surface area contributed by atoms with Crippen LogP contribution in [-0.4, -0.2) is 59.1 Å². The van der Waals surface area contributed by atoms with Gasteiger partial charge in [0.2, 0.25) is 0 Å². The first-order chi connectivity index (χ1) is 12.7. The summed E-state index contributed by atoms with van der Waals surface area (Å²) in [7, 11) is 0. The summed E-state index contributed by atoms with van der Waals surface area (Å²) in [6, 6.07) is 8.81. The number of hydrogen-bond donors (Lipinski definition) is 4. The van der Waals surface area contributed by atoms with Gasteiger partial charge in [-0.3, -0.25) is 0 Å². The maximum atomic E-state index is 9.35. The molecule has 2 atom stereocenters. The first-order valence-corrected chi connectivity index (χ1v) is 8.94. The highest BCUT2D eigenvalue weighted by atomic mass is 16.5. The molecule has 1 rings (SSSR count). The van der Waals surface area contributed by atoms with Gasteiger partial charge in [0.05, 0.1) is 38.6 Å². The average molecular weight is 385 g/mol. The zero-order valence-corrected chi connectivity index (χ0v) is 16.8. The molecule has 2 unspecified atom stereocenters. The zero-order valence-electron chi connectivity index (χ0n) is 16.8. The molecule has 6 heteroatoms. The van der Waals surface area contributed by atoms with Gasteiger partial charge in [0.1, 0.15) is 0 Å². The van der Waals surface area contributed by atoms with E-state index in [4.69, 9.17) is 19.7 Å². The third kappa shape index (κ3) is 19.0. The number of rotatable bonds is 10. The predicted octanol–water partition coefficient (Wildman–Crippen LogP) is 2.37. The molecule has 0 aliphatic rings. The lowest BCUT2D eigenvalue weighted by Crippen LogP contribution is -2.23. The lowest BCUT2D eigenvalue weighted by atomic mass is 10.0. The quantitative estimate of drug-likeness (QED) is 0.281. The minimum absolute atomic E-state index is 0.303. The number of ether oxygens (including phenoxy) is 2. The van der Waals surface area contributed by atoms with E-state index in [9.17, 15) is 10.2 Å². The standard InChI is InChI=1S/C9H12O2.2C6H12O2/c1-2-9(10,11)8-6-4-3-5-7-8;2*1-3-4-8-5-6(2)7/h3-7,10-11H,2H2,1H3;2*3,6-7H,1,4-5H2,2H3. The van der Waals surface area contributed by atoms with Crippen LogP contribution in [0.1, 0.15) is 32.8 Å². The second-order valence-corrected chi connectivity index (χ2v) is 5.89. The molecule has 0 saturated heterocycles. The minimum Gasteiger partial charge on any atom is -0.391 e. The van der Waals surface area contributed by atoms with Crippen molar-refractivity contribution in [2.45, 2.75) is 45.2 Å². The van der Waals surface area contributed by atoms with Gasteiger partial charge in [0, 0.05) is 12.0 Å². The molecule has 0 fully saturated rings. The SMILES string of the molecule is C=CCOCC(C)O.C=CCOCC(C)O.CCC(O)(O)c1ccccc1. The molecular weight excluding hydrogens is 348 g/mol. The van der Waals surface area contributed by atoms with Crippen LogP contribution in [0.25, 0.3) is 0 Å². The molecule has 0 heterocycles. The predicted molar refractivity (Wildman–Crippen MR) is 108 cm³/mol. The number of hydrogen-bond acceptors (Lipinski definition) is 6. The fourth-order valence-corrected chi connectivity index (χ4v) is 1.55. The Morgan fingerprint density at radius 1 is 0.926 bits per heavy atom. The third-order valence-corrected chi connectivity index (χ3v) is 2.92. The van der Waals surface area contributed by atoms with Gasteiger partial charge >= 0.3 is 0 Å². The summed E-state index contributed by atoms with van der Waals surface area (Å²) < 4.78 is 9.75. The summed E-state index contributed by atoms with van der Waals surface area (Å²) in [5.41, 5.74) is 0.544. The van der Waals surface area contributed by atoms with E-state index >= 15 is 0 Å². The van der Waals surface area contributed by atoms with Crippen molar-refractivity contribution in [3.8, 4) is 0 Å². The van der Waals surface area contributed by atoms with Crippen molar-refractivity contribution >= 4 is 0 Å². The van der Waals surface area contributed by atoms with Crippen LogP contribution in [0.4, 0.5) is 0 Å². The summed E-state index contributed by atoms with van der Waals surface area (Å²) in [6.07, 6.45) is 2.88.